The average Bonchev–Trinajstić information content (AvgIpc) is 2.29. The lowest BCUT2D eigenvalue weighted by Gasteiger charge is -2.27. The van der Waals surface area contributed by atoms with Crippen molar-refractivity contribution in [3.63, 3.8) is 0 Å². The number of hydrogen-bond acceptors (Lipinski definition) is 2. The number of carbonyl (C=O) groups is 1. The number of nitrogens with zero attached hydrogens (tertiary/aromatic N) is 1. The van der Waals surface area contributed by atoms with E-state index in [0.29, 0.717) is 11.6 Å². The second kappa shape index (κ2) is 4.98. The summed E-state index contributed by atoms with van der Waals surface area (Å²) in [6.07, 6.45) is 1.64. The molecule has 0 radical (unpaired) electrons. The number of rotatable bonds is 2. The Morgan fingerprint density at radius 3 is 2.59 bits per heavy atom. The lowest BCUT2D eigenvalue weighted by atomic mass is 10.1. The van der Waals surface area contributed by atoms with Gasteiger partial charge in [-0.25, -0.2) is 0 Å². The van der Waals surface area contributed by atoms with Crippen LogP contribution in [0, 0.1) is 6.92 Å². The second-order valence-corrected chi connectivity index (χ2v) is 4.84. The van der Waals surface area contributed by atoms with Gasteiger partial charge in [-0.2, -0.15) is 0 Å². The molecule has 0 aliphatic carbocycles. The Bertz CT molecular complexity index is 456. The Morgan fingerprint density at radius 2 is 2.00 bits per heavy atom. The maximum atomic E-state index is 11.4. The molecule has 2 rings (SSSR count). The van der Waals surface area contributed by atoms with Gasteiger partial charge in [0.1, 0.15) is 0 Å². The van der Waals surface area contributed by atoms with E-state index in [2.05, 4.69) is 5.43 Å². The molecule has 1 aliphatic heterocycles. The molecule has 1 amide bonds. The molecule has 1 unspecified atom stereocenters. The molecule has 0 saturated heterocycles. The number of carbonyl (C=O) groups excluding carboxylic acids is 1. The van der Waals surface area contributed by atoms with Crippen LogP contribution >= 0.6 is 23.2 Å². The van der Waals surface area contributed by atoms with Gasteiger partial charge in [0.2, 0.25) is 0 Å². The standard InChI is InChI=1S/C12H12Cl2N2O/c1-8-2-4-9(5-3-8)6-16-7-10(13)11(14)12(17)15-16/h2-5,7,11H,6H2,1H3,(H,15,17). The average molecular weight is 271 g/mol. The Hall–Kier alpha value is -1.19. The maximum absolute atomic E-state index is 11.4. The molecule has 0 saturated carbocycles. The lowest BCUT2D eigenvalue weighted by molar-refractivity contribution is -0.124. The molecule has 1 aliphatic rings. The minimum Gasteiger partial charge on any atom is -0.287 e. The minimum absolute atomic E-state index is 0.300. The monoisotopic (exact) mass is 270 g/mol. The van der Waals surface area contributed by atoms with E-state index in [1.54, 1.807) is 11.2 Å². The summed E-state index contributed by atoms with van der Waals surface area (Å²) in [5.41, 5.74) is 4.95. The molecule has 5 heteroatoms. The summed E-state index contributed by atoms with van der Waals surface area (Å²) in [6.45, 7) is 2.59. The smallest absolute Gasteiger partial charge is 0.262 e. The van der Waals surface area contributed by atoms with Gasteiger partial charge in [0, 0.05) is 6.20 Å². The number of nitrogens with one attached hydrogen (secondary N) is 1. The van der Waals surface area contributed by atoms with E-state index in [0.717, 1.165) is 5.56 Å². The first-order valence-electron chi connectivity index (χ1n) is 5.20. The predicted octanol–water partition coefficient (Wildman–Crippen LogP) is 2.53. The number of hydrazine groups is 1. The van der Waals surface area contributed by atoms with E-state index < -0.39 is 5.38 Å². The van der Waals surface area contributed by atoms with E-state index in [1.165, 1.54) is 5.56 Å². The first-order chi connectivity index (χ1) is 8.06. The molecule has 1 atom stereocenters. The van der Waals surface area contributed by atoms with Crippen LogP contribution in [0.5, 0.6) is 0 Å². The van der Waals surface area contributed by atoms with Gasteiger partial charge in [0.15, 0.2) is 5.38 Å². The summed E-state index contributed by atoms with van der Waals surface area (Å²) in [4.78, 5) is 11.4. The third kappa shape index (κ3) is 2.93. The molecule has 90 valence electrons. The van der Waals surface area contributed by atoms with Crippen molar-refractivity contribution in [3.8, 4) is 0 Å². The largest absolute Gasteiger partial charge is 0.287 e. The third-order valence-electron chi connectivity index (χ3n) is 2.48. The van der Waals surface area contributed by atoms with E-state index in [9.17, 15) is 4.79 Å². The number of alkyl halides is 1. The van der Waals surface area contributed by atoms with Gasteiger partial charge < -0.3 is 0 Å². The van der Waals surface area contributed by atoms with Crippen LogP contribution in [0.1, 0.15) is 11.1 Å². The van der Waals surface area contributed by atoms with E-state index in [4.69, 9.17) is 23.2 Å². The van der Waals surface area contributed by atoms with Crippen LogP contribution in [0.15, 0.2) is 35.5 Å². The van der Waals surface area contributed by atoms with E-state index >= 15 is 0 Å². The highest BCUT2D eigenvalue weighted by molar-refractivity contribution is 6.43. The number of aryl methyl sites for hydroxylation is 1. The highest BCUT2D eigenvalue weighted by atomic mass is 35.5. The lowest BCUT2D eigenvalue weighted by Crippen LogP contribution is -2.46. The van der Waals surface area contributed by atoms with Crippen LogP contribution in [0.4, 0.5) is 0 Å². The summed E-state index contributed by atoms with van der Waals surface area (Å²) < 4.78 is 0. The van der Waals surface area contributed by atoms with Crippen molar-refractivity contribution in [1.29, 1.82) is 0 Å². The van der Waals surface area contributed by atoms with E-state index in [-0.39, 0.29) is 5.91 Å². The van der Waals surface area contributed by atoms with Crippen molar-refractivity contribution >= 4 is 29.1 Å². The molecule has 1 heterocycles. The molecular formula is C12H12Cl2N2O. The highest BCUT2D eigenvalue weighted by Crippen LogP contribution is 2.20. The van der Waals surface area contributed by atoms with Gasteiger partial charge in [-0.15, -0.1) is 11.6 Å². The summed E-state index contributed by atoms with van der Waals surface area (Å²) in [5, 5.41) is 1.18. The molecule has 17 heavy (non-hydrogen) atoms. The normalized spacial score (nSPS) is 19.9. The fraction of sp³-hybridized carbons (Fsp3) is 0.250. The van der Waals surface area contributed by atoms with Gasteiger partial charge in [-0.3, -0.25) is 15.2 Å². The zero-order valence-corrected chi connectivity index (χ0v) is 10.8. The second-order valence-electron chi connectivity index (χ2n) is 3.97. The van der Waals surface area contributed by atoms with Gasteiger partial charge in [-0.1, -0.05) is 41.4 Å². The summed E-state index contributed by atoms with van der Waals surface area (Å²) in [5.74, 6) is -0.300. The quantitative estimate of drug-likeness (QED) is 0.838. The van der Waals surface area contributed by atoms with Crippen LogP contribution in [-0.4, -0.2) is 16.3 Å². The summed E-state index contributed by atoms with van der Waals surface area (Å²) in [6, 6.07) is 8.07. The first kappa shape index (κ1) is 12.3. The summed E-state index contributed by atoms with van der Waals surface area (Å²) >= 11 is 11.6. The van der Waals surface area contributed by atoms with Crippen molar-refractivity contribution in [2.45, 2.75) is 18.8 Å². The Labute approximate surface area is 110 Å². The molecule has 3 nitrogen and oxygen atoms in total. The molecular weight excluding hydrogens is 259 g/mol. The predicted molar refractivity (Wildman–Crippen MR) is 68.4 cm³/mol. The molecule has 0 aromatic heterocycles. The van der Waals surface area contributed by atoms with Gasteiger partial charge in [-0.05, 0) is 12.5 Å². The zero-order valence-electron chi connectivity index (χ0n) is 9.28. The number of benzene rings is 1. The molecule has 0 spiro atoms. The Morgan fingerprint density at radius 1 is 1.35 bits per heavy atom. The molecule has 1 aromatic rings. The first-order valence-corrected chi connectivity index (χ1v) is 6.01. The number of halogens is 2. The number of hydrogen-bond donors (Lipinski definition) is 1. The SMILES string of the molecule is Cc1ccc(CN2C=C(Cl)C(Cl)C(=O)N2)cc1. The third-order valence-corrected chi connectivity index (χ3v) is 3.34. The molecule has 0 bridgehead atoms. The minimum atomic E-state index is -0.786. The van der Waals surface area contributed by atoms with E-state index in [1.807, 2.05) is 31.2 Å². The van der Waals surface area contributed by atoms with Crippen molar-refractivity contribution in [2.75, 3.05) is 0 Å². The van der Waals surface area contributed by atoms with Crippen molar-refractivity contribution in [3.05, 3.63) is 46.6 Å². The Kier molecular flexibility index (Phi) is 3.60. The van der Waals surface area contributed by atoms with Crippen LogP contribution in [0.25, 0.3) is 0 Å². The van der Waals surface area contributed by atoms with Crippen LogP contribution in [-0.2, 0) is 11.3 Å². The van der Waals surface area contributed by atoms with Crippen LogP contribution < -0.4 is 5.43 Å². The molecule has 1 N–H and O–H groups in total. The number of amides is 1. The molecule has 1 aromatic carbocycles. The highest BCUT2D eigenvalue weighted by Gasteiger charge is 2.25. The molecule has 0 fully saturated rings. The topological polar surface area (TPSA) is 32.3 Å². The fourth-order valence-corrected chi connectivity index (χ4v) is 1.87. The Balaban J connectivity index is 2.10. The zero-order chi connectivity index (χ0) is 12.4. The van der Waals surface area contributed by atoms with Crippen LogP contribution in [0.2, 0.25) is 0 Å². The summed E-state index contributed by atoms with van der Waals surface area (Å²) in [7, 11) is 0. The fourth-order valence-electron chi connectivity index (χ4n) is 1.55. The van der Waals surface area contributed by atoms with Crippen LogP contribution in [0.3, 0.4) is 0 Å². The van der Waals surface area contributed by atoms with Gasteiger partial charge >= 0.3 is 0 Å². The van der Waals surface area contributed by atoms with Crippen molar-refractivity contribution in [1.82, 2.24) is 10.4 Å². The van der Waals surface area contributed by atoms with Gasteiger partial charge in [0.25, 0.3) is 5.91 Å². The van der Waals surface area contributed by atoms with Crippen molar-refractivity contribution < 1.29 is 4.79 Å². The maximum Gasteiger partial charge on any atom is 0.262 e. The van der Waals surface area contributed by atoms with Gasteiger partial charge in [0.05, 0.1) is 11.6 Å². The van der Waals surface area contributed by atoms with Crippen molar-refractivity contribution in [2.24, 2.45) is 0 Å².